The molecule has 1 rings (SSSR count). The van der Waals surface area contributed by atoms with E-state index in [0.717, 1.165) is 12.3 Å². The summed E-state index contributed by atoms with van der Waals surface area (Å²) < 4.78 is 36.7. The second kappa shape index (κ2) is 4.34. The highest BCUT2D eigenvalue weighted by atomic mass is 79.9. The van der Waals surface area contributed by atoms with Crippen molar-refractivity contribution in [2.45, 2.75) is 0 Å². The maximum Gasteiger partial charge on any atom is 0.297 e. The van der Waals surface area contributed by atoms with Gasteiger partial charge in [-0.3, -0.25) is 14.8 Å². The predicted octanol–water partition coefficient (Wildman–Crippen LogP) is 1.87. The molecule has 0 radical (unpaired) electrons. The van der Waals surface area contributed by atoms with Crippen LogP contribution in [0.15, 0.2) is 16.6 Å². The molecule has 0 heterocycles. The lowest BCUT2D eigenvalue weighted by atomic mass is 10.3. The SMILES string of the molecule is CS(=O)(=O)Nc1c(Br)cc(F)cc1[N+](=O)[O-]. The quantitative estimate of drug-likeness (QED) is 0.681. The Kier molecular flexibility index (Phi) is 3.48. The van der Waals surface area contributed by atoms with E-state index < -0.39 is 26.5 Å². The van der Waals surface area contributed by atoms with Gasteiger partial charge in [-0.25, -0.2) is 12.8 Å². The first-order chi connectivity index (χ1) is 7.20. The smallest absolute Gasteiger partial charge is 0.276 e. The van der Waals surface area contributed by atoms with Crippen LogP contribution in [0, 0.1) is 15.9 Å². The normalized spacial score (nSPS) is 11.2. The van der Waals surface area contributed by atoms with Crippen molar-refractivity contribution in [1.82, 2.24) is 0 Å². The van der Waals surface area contributed by atoms with Crippen molar-refractivity contribution in [1.29, 1.82) is 0 Å². The predicted molar refractivity (Wildman–Crippen MR) is 59.2 cm³/mol. The third kappa shape index (κ3) is 3.14. The molecule has 0 bridgehead atoms. The van der Waals surface area contributed by atoms with E-state index in [-0.39, 0.29) is 10.2 Å². The molecule has 88 valence electrons. The number of rotatable bonds is 3. The third-order valence-electron chi connectivity index (χ3n) is 1.52. The zero-order valence-electron chi connectivity index (χ0n) is 7.90. The summed E-state index contributed by atoms with van der Waals surface area (Å²) in [5, 5.41) is 10.6. The fourth-order valence-corrected chi connectivity index (χ4v) is 2.23. The molecule has 1 aromatic carbocycles. The van der Waals surface area contributed by atoms with Crippen molar-refractivity contribution in [3.05, 3.63) is 32.5 Å². The lowest BCUT2D eigenvalue weighted by molar-refractivity contribution is -0.384. The number of nitrogens with zero attached hydrogens (tertiary/aromatic N) is 1. The second-order valence-electron chi connectivity index (χ2n) is 2.91. The Morgan fingerprint density at radius 3 is 2.50 bits per heavy atom. The Morgan fingerprint density at radius 2 is 2.06 bits per heavy atom. The van der Waals surface area contributed by atoms with Gasteiger partial charge in [-0.15, -0.1) is 0 Å². The van der Waals surface area contributed by atoms with Crippen molar-refractivity contribution < 1.29 is 17.7 Å². The minimum atomic E-state index is -3.68. The van der Waals surface area contributed by atoms with Crippen LogP contribution in [-0.2, 0) is 10.0 Å². The zero-order chi connectivity index (χ0) is 12.5. The highest BCUT2D eigenvalue weighted by molar-refractivity contribution is 9.10. The molecular weight excluding hydrogens is 307 g/mol. The molecule has 0 aliphatic carbocycles. The van der Waals surface area contributed by atoms with Crippen LogP contribution in [0.2, 0.25) is 0 Å². The number of nitrogens with one attached hydrogen (secondary N) is 1. The number of halogens is 2. The van der Waals surface area contributed by atoms with E-state index in [1.807, 2.05) is 4.72 Å². The minimum Gasteiger partial charge on any atom is -0.276 e. The fourth-order valence-electron chi connectivity index (χ4n) is 0.990. The van der Waals surface area contributed by atoms with Gasteiger partial charge in [-0.05, 0) is 22.0 Å². The van der Waals surface area contributed by atoms with Crippen molar-refractivity contribution in [2.24, 2.45) is 0 Å². The largest absolute Gasteiger partial charge is 0.297 e. The molecule has 0 fully saturated rings. The van der Waals surface area contributed by atoms with Crippen LogP contribution in [0.3, 0.4) is 0 Å². The molecule has 0 aliphatic rings. The lowest BCUT2D eigenvalue weighted by Gasteiger charge is -2.07. The number of benzene rings is 1. The first-order valence-electron chi connectivity index (χ1n) is 3.82. The van der Waals surface area contributed by atoms with Gasteiger partial charge < -0.3 is 0 Å². The standard InChI is InChI=1S/C7H6BrFN2O4S/c1-16(14,15)10-7-5(8)2-4(9)3-6(7)11(12)13/h2-3,10H,1H3. The summed E-state index contributed by atoms with van der Waals surface area (Å²) in [5.41, 5.74) is -0.953. The molecule has 0 aliphatic heterocycles. The van der Waals surface area contributed by atoms with Crippen molar-refractivity contribution in [3.8, 4) is 0 Å². The van der Waals surface area contributed by atoms with E-state index in [1.165, 1.54) is 0 Å². The molecule has 0 amide bonds. The number of hydrogen-bond donors (Lipinski definition) is 1. The number of hydrogen-bond acceptors (Lipinski definition) is 4. The van der Waals surface area contributed by atoms with Gasteiger partial charge >= 0.3 is 0 Å². The van der Waals surface area contributed by atoms with Gasteiger partial charge in [0.25, 0.3) is 5.69 Å². The van der Waals surface area contributed by atoms with Crippen molar-refractivity contribution in [3.63, 3.8) is 0 Å². The van der Waals surface area contributed by atoms with Crippen LogP contribution in [0.5, 0.6) is 0 Å². The molecule has 0 saturated carbocycles. The molecule has 0 atom stereocenters. The average molecular weight is 313 g/mol. The van der Waals surface area contributed by atoms with Crippen LogP contribution in [0.4, 0.5) is 15.8 Å². The van der Waals surface area contributed by atoms with E-state index in [0.29, 0.717) is 6.07 Å². The molecule has 0 spiro atoms. The average Bonchev–Trinajstić information content (AvgIpc) is 2.07. The summed E-state index contributed by atoms with van der Waals surface area (Å²) in [7, 11) is -3.68. The summed E-state index contributed by atoms with van der Waals surface area (Å²) in [5.74, 6) is -0.836. The van der Waals surface area contributed by atoms with Gasteiger partial charge in [0, 0.05) is 0 Å². The van der Waals surface area contributed by atoms with E-state index in [2.05, 4.69) is 15.9 Å². The van der Waals surface area contributed by atoms with Gasteiger partial charge in [0.05, 0.1) is 21.7 Å². The van der Waals surface area contributed by atoms with Crippen LogP contribution in [0.1, 0.15) is 0 Å². The monoisotopic (exact) mass is 312 g/mol. The Hall–Kier alpha value is -1.22. The third-order valence-corrected chi connectivity index (χ3v) is 2.72. The van der Waals surface area contributed by atoms with Gasteiger partial charge in [0.15, 0.2) is 0 Å². The Labute approximate surface area is 98.8 Å². The highest BCUT2D eigenvalue weighted by Gasteiger charge is 2.21. The molecule has 0 saturated heterocycles. The van der Waals surface area contributed by atoms with Crippen LogP contribution >= 0.6 is 15.9 Å². The van der Waals surface area contributed by atoms with Gasteiger partial charge in [0.2, 0.25) is 10.0 Å². The Balaban J connectivity index is 3.41. The number of anilines is 1. The molecule has 0 unspecified atom stereocenters. The van der Waals surface area contributed by atoms with E-state index >= 15 is 0 Å². The molecular formula is C7H6BrFN2O4S. The number of nitro benzene ring substituents is 1. The van der Waals surface area contributed by atoms with Crippen LogP contribution < -0.4 is 4.72 Å². The van der Waals surface area contributed by atoms with Crippen molar-refractivity contribution in [2.75, 3.05) is 11.0 Å². The molecule has 9 heteroatoms. The van der Waals surface area contributed by atoms with E-state index in [9.17, 15) is 22.9 Å². The topological polar surface area (TPSA) is 89.3 Å². The fraction of sp³-hybridized carbons (Fsp3) is 0.143. The summed E-state index contributed by atoms with van der Waals surface area (Å²) in [6.45, 7) is 0. The van der Waals surface area contributed by atoms with Gasteiger partial charge in [-0.1, -0.05) is 0 Å². The lowest BCUT2D eigenvalue weighted by Crippen LogP contribution is -2.12. The summed E-state index contributed by atoms with van der Waals surface area (Å²) in [6.07, 6.45) is 0.840. The molecule has 6 nitrogen and oxygen atoms in total. The highest BCUT2D eigenvalue weighted by Crippen LogP contribution is 2.34. The molecule has 1 N–H and O–H groups in total. The Bertz CT molecular complexity index is 546. The first kappa shape index (κ1) is 12.8. The van der Waals surface area contributed by atoms with Crippen molar-refractivity contribution >= 4 is 37.3 Å². The molecule has 0 aromatic heterocycles. The molecule has 16 heavy (non-hydrogen) atoms. The van der Waals surface area contributed by atoms with Gasteiger partial charge in [0.1, 0.15) is 11.5 Å². The minimum absolute atomic E-state index is 0.0374. The zero-order valence-corrected chi connectivity index (χ0v) is 10.3. The van der Waals surface area contributed by atoms with E-state index in [4.69, 9.17) is 0 Å². The maximum atomic E-state index is 12.9. The Morgan fingerprint density at radius 1 is 1.50 bits per heavy atom. The second-order valence-corrected chi connectivity index (χ2v) is 5.52. The summed E-state index contributed by atoms with van der Waals surface area (Å²) in [6, 6.07) is 1.57. The summed E-state index contributed by atoms with van der Waals surface area (Å²) >= 11 is 2.85. The first-order valence-corrected chi connectivity index (χ1v) is 6.50. The summed E-state index contributed by atoms with van der Waals surface area (Å²) in [4.78, 5) is 9.72. The molecule has 1 aromatic rings. The maximum absolute atomic E-state index is 12.9. The van der Waals surface area contributed by atoms with Crippen LogP contribution in [0.25, 0.3) is 0 Å². The van der Waals surface area contributed by atoms with E-state index in [1.54, 1.807) is 0 Å². The number of nitro groups is 1. The van der Waals surface area contributed by atoms with Crippen LogP contribution in [-0.4, -0.2) is 19.6 Å². The van der Waals surface area contributed by atoms with Gasteiger partial charge in [-0.2, -0.15) is 0 Å². The number of sulfonamides is 1.